The molecule has 2 amide bonds. The van der Waals surface area contributed by atoms with Crippen LogP contribution in [0.15, 0.2) is 28.1 Å². The van der Waals surface area contributed by atoms with Gasteiger partial charge in [-0.25, -0.2) is 0 Å². The van der Waals surface area contributed by atoms with Crippen molar-refractivity contribution in [3.8, 4) is 0 Å². The number of aromatic nitrogens is 1. The summed E-state index contributed by atoms with van der Waals surface area (Å²) < 4.78 is 4.87. The van der Waals surface area contributed by atoms with Gasteiger partial charge in [-0.2, -0.15) is 0 Å². The van der Waals surface area contributed by atoms with Gasteiger partial charge < -0.3 is 15.2 Å². The van der Waals surface area contributed by atoms with Gasteiger partial charge in [-0.05, 0) is 44.6 Å². The number of rotatable bonds is 8. The van der Waals surface area contributed by atoms with Crippen LogP contribution in [-0.2, 0) is 16.0 Å². The number of nitrogens with zero attached hydrogens (tertiary/aromatic N) is 1. The lowest BCUT2D eigenvalue weighted by Crippen LogP contribution is -2.41. The summed E-state index contributed by atoms with van der Waals surface area (Å²) in [4.78, 5) is 25.1. The van der Waals surface area contributed by atoms with E-state index in [1.165, 1.54) is 4.88 Å². The molecule has 2 aromatic rings. The number of nitrogens with one attached hydrogen (secondary N) is 2. The molecule has 0 bridgehead atoms. The Labute approximate surface area is 139 Å². The van der Waals surface area contributed by atoms with Crippen LogP contribution in [0.2, 0.25) is 0 Å². The zero-order chi connectivity index (χ0) is 16.7. The van der Waals surface area contributed by atoms with Crippen LogP contribution in [0.25, 0.3) is 0 Å². The maximum absolute atomic E-state index is 11.9. The Kier molecular flexibility index (Phi) is 6.34. The minimum atomic E-state index is -0.614. The van der Waals surface area contributed by atoms with E-state index < -0.39 is 6.04 Å². The van der Waals surface area contributed by atoms with Crippen molar-refractivity contribution < 1.29 is 14.1 Å². The molecule has 6 nitrogen and oxygen atoms in total. The lowest BCUT2D eigenvalue weighted by Gasteiger charge is -2.12. The van der Waals surface area contributed by atoms with Crippen molar-refractivity contribution in [2.24, 2.45) is 0 Å². The Morgan fingerprint density at radius 2 is 2.22 bits per heavy atom. The molecule has 0 aromatic carbocycles. The number of thiophene rings is 1. The van der Waals surface area contributed by atoms with Gasteiger partial charge in [-0.15, -0.1) is 11.3 Å². The molecule has 0 aliphatic rings. The van der Waals surface area contributed by atoms with E-state index in [2.05, 4.69) is 27.2 Å². The second kappa shape index (κ2) is 8.47. The first-order chi connectivity index (χ1) is 11.0. The van der Waals surface area contributed by atoms with Crippen molar-refractivity contribution in [3.63, 3.8) is 0 Å². The van der Waals surface area contributed by atoms with Crippen LogP contribution in [0, 0.1) is 6.92 Å². The highest BCUT2D eigenvalue weighted by Gasteiger charge is 2.16. The maximum atomic E-state index is 11.9. The monoisotopic (exact) mass is 335 g/mol. The summed E-state index contributed by atoms with van der Waals surface area (Å²) in [5.41, 5.74) is 0. The molecule has 23 heavy (non-hydrogen) atoms. The van der Waals surface area contributed by atoms with E-state index >= 15 is 0 Å². The van der Waals surface area contributed by atoms with Gasteiger partial charge in [0.25, 0.3) is 0 Å². The quantitative estimate of drug-likeness (QED) is 0.727. The van der Waals surface area contributed by atoms with Crippen molar-refractivity contribution in [2.75, 3.05) is 5.32 Å². The van der Waals surface area contributed by atoms with Crippen molar-refractivity contribution in [2.45, 2.75) is 45.6 Å². The third-order valence-electron chi connectivity index (χ3n) is 3.31. The molecule has 0 radical (unpaired) electrons. The number of unbranched alkanes of at least 4 members (excludes halogenated alkanes) is 1. The highest BCUT2D eigenvalue weighted by molar-refractivity contribution is 7.09. The molecule has 0 unspecified atom stereocenters. The fraction of sp³-hybridized carbons (Fsp3) is 0.438. The van der Waals surface area contributed by atoms with E-state index in [1.807, 2.05) is 6.07 Å². The molecule has 2 aromatic heterocycles. The first-order valence-corrected chi connectivity index (χ1v) is 8.48. The fourth-order valence-corrected chi connectivity index (χ4v) is 2.83. The lowest BCUT2D eigenvalue weighted by atomic mass is 10.1. The van der Waals surface area contributed by atoms with Crippen molar-refractivity contribution in [1.29, 1.82) is 0 Å². The zero-order valence-electron chi connectivity index (χ0n) is 13.3. The van der Waals surface area contributed by atoms with Gasteiger partial charge >= 0.3 is 0 Å². The summed E-state index contributed by atoms with van der Waals surface area (Å²) >= 11 is 1.73. The maximum Gasteiger partial charge on any atom is 0.247 e. The average molecular weight is 335 g/mol. The van der Waals surface area contributed by atoms with Crippen LogP contribution in [0.5, 0.6) is 0 Å². The molecule has 0 aliphatic heterocycles. The fourth-order valence-electron chi connectivity index (χ4n) is 2.08. The zero-order valence-corrected chi connectivity index (χ0v) is 14.1. The molecule has 0 spiro atoms. The lowest BCUT2D eigenvalue weighted by molar-refractivity contribution is -0.126. The number of amides is 2. The number of aryl methyl sites for hydroxylation is 2. The number of hydrogen-bond acceptors (Lipinski definition) is 5. The topological polar surface area (TPSA) is 84.2 Å². The van der Waals surface area contributed by atoms with E-state index in [0.29, 0.717) is 18.0 Å². The highest BCUT2D eigenvalue weighted by Crippen LogP contribution is 2.12. The SMILES string of the molecule is Cc1cc(NC(=O)[C@@H](C)NC(=O)CCCCc2cccs2)no1. The van der Waals surface area contributed by atoms with Crippen LogP contribution in [0.4, 0.5) is 5.82 Å². The van der Waals surface area contributed by atoms with Crippen LogP contribution < -0.4 is 10.6 Å². The smallest absolute Gasteiger partial charge is 0.247 e. The summed E-state index contributed by atoms with van der Waals surface area (Å²) in [6.45, 7) is 3.38. The van der Waals surface area contributed by atoms with E-state index in [9.17, 15) is 9.59 Å². The van der Waals surface area contributed by atoms with Gasteiger partial charge in [0.2, 0.25) is 11.8 Å². The Balaban J connectivity index is 1.64. The third kappa shape index (κ3) is 5.86. The summed E-state index contributed by atoms with van der Waals surface area (Å²) in [5.74, 6) is 0.535. The van der Waals surface area contributed by atoms with Crippen molar-refractivity contribution >= 4 is 29.0 Å². The van der Waals surface area contributed by atoms with Gasteiger partial charge in [-0.1, -0.05) is 11.2 Å². The predicted molar refractivity (Wildman–Crippen MR) is 89.3 cm³/mol. The van der Waals surface area contributed by atoms with Gasteiger partial charge in [0.1, 0.15) is 11.8 Å². The molecule has 124 valence electrons. The number of carbonyl (C=O) groups is 2. The average Bonchev–Trinajstić information content (AvgIpc) is 3.15. The summed E-state index contributed by atoms with van der Waals surface area (Å²) in [5, 5.41) is 11.0. The number of anilines is 1. The summed E-state index contributed by atoms with van der Waals surface area (Å²) in [6, 6.07) is 5.14. The van der Waals surface area contributed by atoms with Crippen molar-refractivity contribution in [3.05, 3.63) is 34.2 Å². The standard InChI is InChI=1S/C16H21N3O3S/c1-11-10-14(19-22-11)18-16(21)12(2)17-15(20)8-4-3-6-13-7-5-9-23-13/h5,7,9-10,12H,3-4,6,8H2,1-2H3,(H,17,20)(H,18,19,21)/t12-/m1/s1. The molecule has 0 fully saturated rings. The normalized spacial score (nSPS) is 11.9. The van der Waals surface area contributed by atoms with Crippen LogP contribution in [-0.4, -0.2) is 23.0 Å². The van der Waals surface area contributed by atoms with Crippen molar-refractivity contribution in [1.82, 2.24) is 10.5 Å². The molecule has 1 atom stereocenters. The first-order valence-electron chi connectivity index (χ1n) is 7.60. The van der Waals surface area contributed by atoms with Gasteiger partial charge in [-0.3, -0.25) is 9.59 Å². The summed E-state index contributed by atoms with van der Waals surface area (Å²) in [6.07, 6.45) is 3.19. The second-order valence-corrected chi connectivity index (χ2v) is 6.42. The Morgan fingerprint density at radius 1 is 1.39 bits per heavy atom. The first kappa shape index (κ1) is 17.2. The highest BCUT2D eigenvalue weighted by atomic mass is 32.1. The molecular formula is C16H21N3O3S. The van der Waals surface area contributed by atoms with Crippen LogP contribution in [0.1, 0.15) is 36.8 Å². The second-order valence-electron chi connectivity index (χ2n) is 5.39. The molecule has 7 heteroatoms. The minimum Gasteiger partial charge on any atom is -0.360 e. The molecule has 0 saturated heterocycles. The Bertz CT molecular complexity index is 637. The summed E-state index contributed by atoms with van der Waals surface area (Å²) in [7, 11) is 0. The molecule has 2 rings (SSSR count). The third-order valence-corrected chi connectivity index (χ3v) is 4.24. The van der Waals surface area contributed by atoms with E-state index in [1.54, 1.807) is 31.3 Å². The Hall–Kier alpha value is -2.15. The van der Waals surface area contributed by atoms with E-state index in [0.717, 1.165) is 19.3 Å². The Morgan fingerprint density at radius 3 is 2.87 bits per heavy atom. The molecule has 2 N–H and O–H groups in total. The minimum absolute atomic E-state index is 0.116. The number of carbonyl (C=O) groups excluding carboxylic acids is 2. The van der Waals surface area contributed by atoms with E-state index in [-0.39, 0.29) is 11.8 Å². The molecule has 0 aliphatic carbocycles. The van der Waals surface area contributed by atoms with Gasteiger partial charge in [0.05, 0.1) is 0 Å². The number of hydrogen-bond donors (Lipinski definition) is 2. The molecular weight excluding hydrogens is 314 g/mol. The van der Waals surface area contributed by atoms with Crippen LogP contribution in [0.3, 0.4) is 0 Å². The van der Waals surface area contributed by atoms with Crippen LogP contribution >= 0.6 is 11.3 Å². The predicted octanol–water partition coefficient (Wildman–Crippen LogP) is 2.90. The largest absolute Gasteiger partial charge is 0.360 e. The van der Waals surface area contributed by atoms with E-state index in [4.69, 9.17) is 4.52 Å². The molecule has 0 saturated carbocycles. The van der Waals surface area contributed by atoms with Gasteiger partial charge in [0, 0.05) is 17.4 Å². The molecule has 2 heterocycles. The van der Waals surface area contributed by atoms with Gasteiger partial charge in [0.15, 0.2) is 5.82 Å².